The molecule has 0 atom stereocenters. The molecule has 1 aliphatic heterocycles. The standard InChI is InChI=1S/C20H25N3O3/c21-14-20(8-2-1-3-9-20)15-22-18(24)16-4-6-17(7-5-16)19(25)23-10-12-26-13-11-23/h4-7H,1-3,8-13,15H2,(H,22,24). The van der Waals surface area contributed by atoms with Gasteiger partial charge in [-0.3, -0.25) is 9.59 Å². The highest BCUT2D eigenvalue weighted by Gasteiger charge is 2.32. The molecule has 26 heavy (non-hydrogen) atoms. The Hall–Kier alpha value is -2.39. The maximum absolute atomic E-state index is 12.4. The van der Waals surface area contributed by atoms with Gasteiger partial charge < -0.3 is 15.0 Å². The van der Waals surface area contributed by atoms with Crippen LogP contribution in [0, 0.1) is 16.7 Å². The van der Waals surface area contributed by atoms with Gasteiger partial charge in [-0.05, 0) is 37.1 Å². The number of nitrogens with one attached hydrogen (secondary N) is 1. The number of amides is 2. The van der Waals surface area contributed by atoms with Crippen LogP contribution in [0.5, 0.6) is 0 Å². The van der Waals surface area contributed by atoms with Crippen molar-refractivity contribution in [2.24, 2.45) is 5.41 Å². The molecular weight excluding hydrogens is 330 g/mol. The molecule has 3 rings (SSSR count). The van der Waals surface area contributed by atoms with E-state index in [-0.39, 0.29) is 11.8 Å². The van der Waals surface area contributed by atoms with Gasteiger partial charge in [0.1, 0.15) is 0 Å². The van der Waals surface area contributed by atoms with Crippen molar-refractivity contribution in [2.45, 2.75) is 32.1 Å². The van der Waals surface area contributed by atoms with E-state index in [0.29, 0.717) is 44.0 Å². The molecule has 1 saturated carbocycles. The summed E-state index contributed by atoms with van der Waals surface area (Å²) >= 11 is 0. The highest BCUT2D eigenvalue weighted by molar-refractivity contribution is 5.97. The van der Waals surface area contributed by atoms with Crippen molar-refractivity contribution in [1.82, 2.24) is 10.2 Å². The Morgan fingerprint density at radius 2 is 1.69 bits per heavy atom. The Morgan fingerprint density at radius 1 is 1.08 bits per heavy atom. The number of hydrogen-bond acceptors (Lipinski definition) is 4. The van der Waals surface area contributed by atoms with Gasteiger partial charge in [-0.1, -0.05) is 19.3 Å². The van der Waals surface area contributed by atoms with Gasteiger partial charge in [0.2, 0.25) is 0 Å². The molecule has 2 aliphatic rings. The predicted molar refractivity (Wildman–Crippen MR) is 96.6 cm³/mol. The molecule has 1 aromatic rings. The van der Waals surface area contributed by atoms with Crippen molar-refractivity contribution >= 4 is 11.8 Å². The van der Waals surface area contributed by atoms with Crippen molar-refractivity contribution in [2.75, 3.05) is 32.8 Å². The third-order valence-electron chi connectivity index (χ3n) is 5.33. The molecule has 1 aromatic carbocycles. The van der Waals surface area contributed by atoms with Gasteiger partial charge in [0.25, 0.3) is 11.8 Å². The minimum atomic E-state index is -0.430. The molecule has 2 amide bonds. The fourth-order valence-corrected chi connectivity index (χ4v) is 3.62. The Bertz CT molecular complexity index is 681. The largest absolute Gasteiger partial charge is 0.378 e. The number of nitriles is 1. The Labute approximate surface area is 154 Å². The lowest BCUT2D eigenvalue weighted by atomic mass is 9.75. The van der Waals surface area contributed by atoms with Crippen LogP contribution >= 0.6 is 0 Å². The first-order chi connectivity index (χ1) is 12.6. The Kier molecular flexibility index (Phi) is 5.89. The zero-order valence-electron chi connectivity index (χ0n) is 15.0. The van der Waals surface area contributed by atoms with E-state index in [1.54, 1.807) is 29.2 Å². The summed E-state index contributed by atoms with van der Waals surface area (Å²) in [5.41, 5.74) is 0.650. The molecular formula is C20H25N3O3. The summed E-state index contributed by atoms with van der Waals surface area (Å²) in [6.07, 6.45) is 4.94. The first-order valence-electron chi connectivity index (χ1n) is 9.30. The molecule has 0 unspecified atom stereocenters. The quantitative estimate of drug-likeness (QED) is 0.899. The third kappa shape index (κ3) is 4.23. The normalized spacial score (nSPS) is 19.4. The number of hydrogen-bond donors (Lipinski definition) is 1. The summed E-state index contributed by atoms with van der Waals surface area (Å²) in [6.45, 7) is 2.70. The number of morpholine rings is 1. The molecule has 0 aromatic heterocycles. The highest BCUT2D eigenvalue weighted by atomic mass is 16.5. The smallest absolute Gasteiger partial charge is 0.254 e. The van der Waals surface area contributed by atoms with E-state index in [1.165, 1.54) is 0 Å². The maximum atomic E-state index is 12.4. The minimum Gasteiger partial charge on any atom is -0.378 e. The van der Waals surface area contributed by atoms with Crippen LogP contribution in [0.2, 0.25) is 0 Å². The summed E-state index contributed by atoms with van der Waals surface area (Å²) in [4.78, 5) is 26.6. The zero-order chi connectivity index (χ0) is 18.4. The molecule has 0 spiro atoms. The summed E-state index contributed by atoms with van der Waals surface area (Å²) in [6, 6.07) is 9.12. The number of carbonyl (C=O) groups excluding carboxylic acids is 2. The molecule has 6 heteroatoms. The summed E-state index contributed by atoms with van der Waals surface area (Å²) in [5.74, 6) is -0.235. The van der Waals surface area contributed by atoms with Gasteiger partial charge in [0.15, 0.2) is 0 Å². The van der Waals surface area contributed by atoms with Crippen molar-refractivity contribution in [3.05, 3.63) is 35.4 Å². The number of nitrogens with zero attached hydrogens (tertiary/aromatic N) is 2. The van der Waals surface area contributed by atoms with Crippen LogP contribution in [0.3, 0.4) is 0 Å². The van der Waals surface area contributed by atoms with Gasteiger partial charge >= 0.3 is 0 Å². The first-order valence-corrected chi connectivity index (χ1v) is 9.30. The summed E-state index contributed by atoms with van der Waals surface area (Å²) < 4.78 is 5.26. The van der Waals surface area contributed by atoms with Gasteiger partial charge in [0, 0.05) is 30.8 Å². The second-order valence-corrected chi connectivity index (χ2v) is 7.12. The topological polar surface area (TPSA) is 82.4 Å². The molecule has 1 saturated heterocycles. The lowest BCUT2D eigenvalue weighted by Crippen LogP contribution is -2.40. The molecule has 2 fully saturated rings. The van der Waals surface area contributed by atoms with E-state index in [1.807, 2.05) is 0 Å². The third-order valence-corrected chi connectivity index (χ3v) is 5.33. The Morgan fingerprint density at radius 3 is 2.31 bits per heavy atom. The number of carbonyl (C=O) groups is 2. The van der Waals surface area contributed by atoms with E-state index in [0.717, 1.165) is 32.1 Å². The number of ether oxygens (including phenoxy) is 1. The van der Waals surface area contributed by atoms with Crippen molar-refractivity contribution < 1.29 is 14.3 Å². The van der Waals surface area contributed by atoms with Crippen LogP contribution in [0.25, 0.3) is 0 Å². The first kappa shape index (κ1) is 18.4. The van der Waals surface area contributed by atoms with E-state index in [9.17, 15) is 14.9 Å². The van der Waals surface area contributed by atoms with E-state index < -0.39 is 5.41 Å². The van der Waals surface area contributed by atoms with Crippen molar-refractivity contribution in [3.8, 4) is 6.07 Å². The molecule has 1 aliphatic carbocycles. The van der Waals surface area contributed by atoms with Gasteiger partial charge in [-0.25, -0.2) is 0 Å². The fourth-order valence-electron chi connectivity index (χ4n) is 3.62. The van der Waals surface area contributed by atoms with Crippen LogP contribution < -0.4 is 5.32 Å². The van der Waals surface area contributed by atoms with Crippen LogP contribution in [0.15, 0.2) is 24.3 Å². The van der Waals surface area contributed by atoms with Crippen LogP contribution in [0.4, 0.5) is 0 Å². The van der Waals surface area contributed by atoms with Gasteiger partial charge in [-0.15, -0.1) is 0 Å². The van der Waals surface area contributed by atoms with Crippen molar-refractivity contribution in [3.63, 3.8) is 0 Å². The van der Waals surface area contributed by atoms with Gasteiger partial charge in [0.05, 0.1) is 24.7 Å². The second kappa shape index (κ2) is 8.33. The fraction of sp³-hybridized carbons (Fsp3) is 0.550. The molecule has 1 heterocycles. The molecule has 1 N–H and O–H groups in total. The average Bonchev–Trinajstić information content (AvgIpc) is 2.73. The molecule has 6 nitrogen and oxygen atoms in total. The summed E-state index contributed by atoms with van der Waals surface area (Å²) in [7, 11) is 0. The SMILES string of the molecule is N#CC1(CNC(=O)c2ccc(C(=O)N3CCOCC3)cc2)CCCCC1. The van der Waals surface area contributed by atoms with Crippen LogP contribution in [-0.4, -0.2) is 49.6 Å². The Balaban J connectivity index is 1.58. The monoisotopic (exact) mass is 355 g/mol. The van der Waals surface area contributed by atoms with Crippen molar-refractivity contribution in [1.29, 1.82) is 5.26 Å². The van der Waals surface area contributed by atoms with E-state index >= 15 is 0 Å². The summed E-state index contributed by atoms with van der Waals surface area (Å²) in [5, 5.41) is 12.4. The van der Waals surface area contributed by atoms with Gasteiger partial charge in [-0.2, -0.15) is 5.26 Å². The number of benzene rings is 1. The van der Waals surface area contributed by atoms with E-state index in [4.69, 9.17) is 4.74 Å². The van der Waals surface area contributed by atoms with Crippen LogP contribution in [-0.2, 0) is 4.74 Å². The average molecular weight is 355 g/mol. The lowest BCUT2D eigenvalue weighted by molar-refractivity contribution is 0.0303. The zero-order valence-corrected chi connectivity index (χ0v) is 15.0. The van der Waals surface area contributed by atoms with E-state index in [2.05, 4.69) is 11.4 Å². The maximum Gasteiger partial charge on any atom is 0.254 e. The molecule has 0 radical (unpaired) electrons. The molecule has 0 bridgehead atoms. The predicted octanol–water partition coefficient (Wildman–Crippen LogP) is 2.36. The number of rotatable bonds is 4. The second-order valence-electron chi connectivity index (χ2n) is 7.12. The van der Waals surface area contributed by atoms with Crippen LogP contribution in [0.1, 0.15) is 52.8 Å². The minimum absolute atomic E-state index is 0.0362. The highest BCUT2D eigenvalue weighted by Crippen LogP contribution is 2.35. The lowest BCUT2D eigenvalue weighted by Gasteiger charge is -2.30. The molecule has 138 valence electrons.